The van der Waals surface area contributed by atoms with Crippen molar-refractivity contribution in [3.63, 3.8) is 0 Å². The van der Waals surface area contributed by atoms with Gasteiger partial charge < -0.3 is 4.42 Å². The molecule has 0 aromatic carbocycles. The largest absolute Gasteiger partial charge is 0.466 e. The van der Waals surface area contributed by atoms with Crippen LogP contribution in [0.4, 0.5) is 0 Å². The maximum absolute atomic E-state index is 11.8. The minimum absolute atomic E-state index is 0.139. The Hall–Kier alpha value is -1.05. The van der Waals surface area contributed by atoms with Gasteiger partial charge in [-0.15, -0.1) is 0 Å². The summed E-state index contributed by atoms with van der Waals surface area (Å²) in [6.07, 6.45) is 7.85. The highest BCUT2D eigenvalue weighted by Crippen LogP contribution is 2.11. The van der Waals surface area contributed by atoms with Gasteiger partial charge in [0.25, 0.3) is 0 Å². The lowest BCUT2D eigenvalue weighted by molar-refractivity contribution is 0.446. The summed E-state index contributed by atoms with van der Waals surface area (Å²) in [5.74, 6) is 1.64. The van der Waals surface area contributed by atoms with E-state index < -0.39 is 0 Å². The van der Waals surface area contributed by atoms with Gasteiger partial charge >= 0.3 is 0 Å². The van der Waals surface area contributed by atoms with E-state index in [1.54, 1.807) is 6.07 Å². The minimum atomic E-state index is 0.139. The van der Waals surface area contributed by atoms with E-state index in [1.165, 1.54) is 25.7 Å². The Kier molecular flexibility index (Phi) is 6.03. The van der Waals surface area contributed by atoms with Crippen LogP contribution in [0.3, 0.4) is 0 Å². The highest BCUT2D eigenvalue weighted by Gasteiger charge is 2.06. The van der Waals surface area contributed by atoms with Crippen LogP contribution in [-0.4, -0.2) is 0 Å². The average molecular weight is 236 g/mol. The molecule has 0 spiro atoms. The van der Waals surface area contributed by atoms with E-state index in [1.807, 2.05) is 13.8 Å². The molecule has 17 heavy (non-hydrogen) atoms. The Bertz CT molecular complexity index is 390. The van der Waals surface area contributed by atoms with E-state index in [0.717, 1.165) is 36.3 Å². The lowest BCUT2D eigenvalue weighted by Crippen LogP contribution is -2.10. The zero-order chi connectivity index (χ0) is 12.7. The van der Waals surface area contributed by atoms with Gasteiger partial charge in [-0.3, -0.25) is 4.79 Å². The molecule has 0 unspecified atom stereocenters. The third kappa shape index (κ3) is 4.37. The molecule has 0 atom stereocenters. The van der Waals surface area contributed by atoms with Gasteiger partial charge in [0.15, 0.2) is 5.43 Å². The molecule has 0 saturated heterocycles. The SMILES string of the molecule is CCCCCCCc1cc(=O)c(CC)c(C)o1. The zero-order valence-electron chi connectivity index (χ0n) is 11.3. The van der Waals surface area contributed by atoms with Crippen molar-refractivity contribution < 1.29 is 4.42 Å². The van der Waals surface area contributed by atoms with Crippen molar-refractivity contribution in [3.8, 4) is 0 Å². The number of hydrogen-bond acceptors (Lipinski definition) is 2. The molecule has 1 rings (SSSR count). The molecule has 1 heterocycles. The van der Waals surface area contributed by atoms with E-state index in [0.29, 0.717) is 0 Å². The first-order chi connectivity index (χ1) is 8.19. The standard InChI is InChI=1S/C15H24O2/c1-4-6-7-8-9-10-13-11-15(16)14(5-2)12(3)17-13/h11H,4-10H2,1-3H3. The van der Waals surface area contributed by atoms with Crippen molar-refractivity contribution in [1.82, 2.24) is 0 Å². The maximum Gasteiger partial charge on any atom is 0.188 e. The van der Waals surface area contributed by atoms with Crippen LogP contribution in [-0.2, 0) is 12.8 Å². The van der Waals surface area contributed by atoms with Gasteiger partial charge in [-0.2, -0.15) is 0 Å². The molecule has 0 N–H and O–H groups in total. The monoisotopic (exact) mass is 236 g/mol. The second kappa shape index (κ2) is 7.31. The van der Waals surface area contributed by atoms with Crippen molar-refractivity contribution in [3.05, 3.63) is 33.4 Å². The molecule has 0 bridgehead atoms. The summed E-state index contributed by atoms with van der Waals surface area (Å²) in [7, 11) is 0. The van der Waals surface area contributed by atoms with Crippen LogP contribution in [0.1, 0.15) is 63.0 Å². The topological polar surface area (TPSA) is 30.2 Å². The average Bonchev–Trinajstić information content (AvgIpc) is 2.28. The third-order valence-corrected chi connectivity index (χ3v) is 3.18. The van der Waals surface area contributed by atoms with Gasteiger partial charge in [-0.05, 0) is 19.8 Å². The molecule has 1 aromatic heterocycles. The molecular formula is C15H24O2. The summed E-state index contributed by atoms with van der Waals surface area (Å²) >= 11 is 0. The van der Waals surface area contributed by atoms with E-state index in [4.69, 9.17) is 4.42 Å². The number of rotatable bonds is 7. The van der Waals surface area contributed by atoms with Gasteiger partial charge in [0.2, 0.25) is 0 Å². The fourth-order valence-corrected chi connectivity index (χ4v) is 2.14. The molecule has 2 heteroatoms. The van der Waals surface area contributed by atoms with Crippen LogP contribution < -0.4 is 5.43 Å². The maximum atomic E-state index is 11.8. The van der Waals surface area contributed by atoms with Crippen molar-refractivity contribution >= 4 is 0 Å². The molecule has 0 aliphatic carbocycles. The summed E-state index contributed by atoms with van der Waals surface area (Å²) in [6.45, 7) is 6.09. The molecule has 0 amide bonds. The van der Waals surface area contributed by atoms with E-state index >= 15 is 0 Å². The first-order valence-electron chi connectivity index (χ1n) is 6.81. The normalized spacial score (nSPS) is 10.8. The summed E-state index contributed by atoms with van der Waals surface area (Å²) in [5.41, 5.74) is 0.958. The molecule has 96 valence electrons. The first kappa shape index (κ1) is 14.0. The zero-order valence-corrected chi connectivity index (χ0v) is 11.3. The fourth-order valence-electron chi connectivity index (χ4n) is 2.14. The summed E-state index contributed by atoms with van der Waals surface area (Å²) < 4.78 is 5.69. The third-order valence-electron chi connectivity index (χ3n) is 3.18. The second-order valence-corrected chi connectivity index (χ2v) is 4.63. The number of aryl methyl sites for hydroxylation is 2. The molecule has 0 saturated carbocycles. The Morgan fingerprint density at radius 1 is 1.12 bits per heavy atom. The fraction of sp³-hybridized carbons (Fsp3) is 0.667. The van der Waals surface area contributed by atoms with Crippen LogP contribution in [0.2, 0.25) is 0 Å². The Balaban J connectivity index is 2.52. The smallest absolute Gasteiger partial charge is 0.188 e. The summed E-state index contributed by atoms with van der Waals surface area (Å²) in [6, 6.07) is 1.67. The first-order valence-corrected chi connectivity index (χ1v) is 6.81. The molecule has 2 nitrogen and oxygen atoms in total. The molecule has 0 aliphatic rings. The van der Waals surface area contributed by atoms with Crippen molar-refractivity contribution in [2.75, 3.05) is 0 Å². The van der Waals surface area contributed by atoms with Crippen molar-refractivity contribution in [2.45, 2.75) is 65.7 Å². The van der Waals surface area contributed by atoms with Crippen LogP contribution >= 0.6 is 0 Å². The van der Waals surface area contributed by atoms with Crippen LogP contribution in [0.15, 0.2) is 15.3 Å². The Morgan fingerprint density at radius 2 is 1.82 bits per heavy atom. The summed E-state index contributed by atoms with van der Waals surface area (Å²) in [5, 5.41) is 0. The van der Waals surface area contributed by atoms with Crippen LogP contribution in [0.25, 0.3) is 0 Å². The molecule has 0 radical (unpaired) electrons. The van der Waals surface area contributed by atoms with Gasteiger partial charge in [0.1, 0.15) is 11.5 Å². The van der Waals surface area contributed by atoms with Crippen LogP contribution in [0, 0.1) is 6.92 Å². The van der Waals surface area contributed by atoms with E-state index in [-0.39, 0.29) is 5.43 Å². The molecule has 0 fully saturated rings. The van der Waals surface area contributed by atoms with Crippen LogP contribution in [0.5, 0.6) is 0 Å². The van der Waals surface area contributed by atoms with Gasteiger partial charge in [0.05, 0.1) is 0 Å². The predicted molar refractivity (Wildman–Crippen MR) is 71.6 cm³/mol. The van der Waals surface area contributed by atoms with E-state index in [9.17, 15) is 4.79 Å². The summed E-state index contributed by atoms with van der Waals surface area (Å²) in [4.78, 5) is 11.8. The highest BCUT2D eigenvalue weighted by molar-refractivity contribution is 5.18. The molecule has 0 aliphatic heterocycles. The van der Waals surface area contributed by atoms with Crippen molar-refractivity contribution in [1.29, 1.82) is 0 Å². The lowest BCUT2D eigenvalue weighted by atomic mass is 10.1. The lowest BCUT2D eigenvalue weighted by Gasteiger charge is -2.05. The predicted octanol–water partition coefficient (Wildman–Crippen LogP) is 4.02. The number of unbranched alkanes of at least 4 members (excludes halogenated alkanes) is 4. The quantitative estimate of drug-likeness (QED) is 0.669. The molecule has 1 aromatic rings. The minimum Gasteiger partial charge on any atom is -0.466 e. The Labute approximate surface area is 104 Å². The van der Waals surface area contributed by atoms with Gasteiger partial charge in [-0.1, -0.05) is 39.5 Å². The second-order valence-electron chi connectivity index (χ2n) is 4.63. The van der Waals surface area contributed by atoms with Crippen molar-refractivity contribution in [2.24, 2.45) is 0 Å². The highest BCUT2D eigenvalue weighted by atomic mass is 16.3. The van der Waals surface area contributed by atoms with E-state index in [2.05, 4.69) is 6.92 Å². The molecular weight excluding hydrogens is 212 g/mol. The Morgan fingerprint density at radius 3 is 2.41 bits per heavy atom. The van der Waals surface area contributed by atoms with Gasteiger partial charge in [-0.25, -0.2) is 0 Å². The number of hydrogen-bond donors (Lipinski definition) is 0. The van der Waals surface area contributed by atoms with Gasteiger partial charge in [0, 0.05) is 18.1 Å².